The Hall–Kier alpha value is -2.47. The predicted molar refractivity (Wildman–Crippen MR) is 145 cm³/mol. The van der Waals surface area contributed by atoms with Gasteiger partial charge >= 0.3 is 6.18 Å². The molecule has 3 aliphatic rings. The predicted octanol–water partition coefficient (Wildman–Crippen LogP) is 5.13. The van der Waals surface area contributed by atoms with Crippen molar-refractivity contribution in [2.45, 2.75) is 32.0 Å². The van der Waals surface area contributed by atoms with Crippen molar-refractivity contribution in [3.05, 3.63) is 58.1 Å². The summed E-state index contributed by atoms with van der Waals surface area (Å²) in [5.41, 5.74) is 1.01. The molecule has 218 valence electrons. The van der Waals surface area contributed by atoms with Crippen LogP contribution >= 0.6 is 11.6 Å². The molecule has 2 aromatic rings. The third kappa shape index (κ3) is 6.70. The second-order valence-corrected chi connectivity index (χ2v) is 11.5. The minimum Gasteiger partial charge on any atom is -0.367 e. The summed E-state index contributed by atoms with van der Waals surface area (Å²) in [6.07, 6.45) is -2.91. The lowest BCUT2D eigenvalue weighted by Gasteiger charge is -2.52. The number of nitrogens with zero attached hydrogens (tertiary/aromatic N) is 3. The van der Waals surface area contributed by atoms with Crippen LogP contribution in [0.2, 0.25) is 5.02 Å². The molecule has 0 unspecified atom stereocenters. The standard InChI is InChI=1S/C28H33ClF5N5O/c29-20-2-4-22(23(15-20)39-13-11-37(12-14-39)10-7-28(32,33)34)36-26(40)21-3-1-19(24(30)25(21)31)16-38-17-27(18-38)5-8-35-9-6-27/h1-4,15,35H,5-14,16-18H2,(H,36,40). The minimum atomic E-state index is -4.21. The number of piperidine rings is 1. The molecule has 0 atom stereocenters. The smallest absolute Gasteiger partial charge is 0.367 e. The first-order chi connectivity index (χ1) is 19.0. The molecular formula is C28H33ClF5N5O. The highest BCUT2D eigenvalue weighted by Crippen LogP contribution is 2.39. The van der Waals surface area contributed by atoms with E-state index in [4.69, 9.17) is 11.6 Å². The van der Waals surface area contributed by atoms with Crippen molar-refractivity contribution < 1.29 is 26.7 Å². The molecule has 12 heteroatoms. The van der Waals surface area contributed by atoms with E-state index in [-0.39, 0.29) is 24.1 Å². The van der Waals surface area contributed by atoms with Crippen molar-refractivity contribution in [1.82, 2.24) is 15.1 Å². The number of carbonyl (C=O) groups is 1. The van der Waals surface area contributed by atoms with Gasteiger partial charge in [-0.1, -0.05) is 17.7 Å². The summed E-state index contributed by atoms with van der Waals surface area (Å²) in [5.74, 6) is -3.01. The number of likely N-dealkylation sites (tertiary alicyclic amines) is 1. The highest BCUT2D eigenvalue weighted by Gasteiger charge is 2.43. The van der Waals surface area contributed by atoms with Crippen molar-refractivity contribution in [2.24, 2.45) is 5.41 Å². The SMILES string of the molecule is O=C(Nc1ccc(Cl)cc1N1CCN(CCC(F)(F)F)CC1)c1ccc(CN2CC3(CCNCC3)C2)c(F)c1F. The fourth-order valence-electron chi connectivity index (χ4n) is 5.97. The Kier molecular flexibility index (Phi) is 8.56. The molecule has 0 bridgehead atoms. The van der Waals surface area contributed by atoms with Gasteiger partial charge in [0, 0.05) is 62.9 Å². The van der Waals surface area contributed by atoms with E-state index in [1.165, 1.54) is 12.1 Å². The van der Waals surface area contributed by atoms with E-state index in [1.807, 2.05) is 4.90 Å². The summed E-state index contributed by atoms with van der Waals surface area (Å²) in [6, 6.07) is 7.56. The van der Waals surface area contributed by atoms with Gasteiger partial charge < -0.3 is 15.5 Å². The molecule has 2 N–H and O–H groups in total. The van der Waals surface area contributed by atoms with Gasteiger partial charge in [0.1, 0.15) is 0 Å². The van der Waals surface area contributed by atoms with Gasteiger partial charge in [-0.05, 0) is 55.6 Å². The maximum atomic E-state index is 15.1. The van der Waals surface area contributed by atoms with E-state index in [1.54, 1.807) is 23.1 Å². The molecule has 5 rings (SSSR count). The van der Waals surface area contributed by atoms with Crippen LogP contribution < -0.4 is 15.5 Å². The Morgan fingerprint density at radius 1 is 0.975 bits per heavy atom. The number of anilines is 2. The largest absolute Gasteiger partial charge is 0.390 e. The van der Waals surface area contributed by atoms with Crippen molar-refractivity contribution in [2.75, 3.05) is 69.1 Å². The number of amides is 1. The van der Waals surface area contributed by atoms with Gasteiger partial charge in [0.15, 0.2) is 11.6 Å². The number of hydrogen-bond acceptors (Lipinski definition) is 5. The summed E-state index contributed by atoms with van der Waals surface area (Å²) in [4.78, 5) is 18.8. The molecule has 3 saturated heterocycles. The number of benzene rings is 2. The van der Waals surface area contributed by atoms with Gasteiger partial charge in [-0.15, -0.1) is 0 Å². The molecule has 0 aromatic heterocycles. The van der Waals surface area contributed by atoms with Crippen LogP contribution in [0.3, 0.4) is 0 Å². The zero-order valence-electron chi connectivity index (χ0n) is 22.1. The molecule has 3 aliphatic heterocycles. The average Bonchev–Trinajstić information content (AvgIpc) is 2.90. The second kappa shape index (κ2) is 11.8. The number of halogens is 6. The van der Waals surface area contributed by atoms with Crippen molar-refractivity contribution >= 4 is 28.9 Å². The number of rotatable bonds is 7. The monoisotopic (exact) mass is 585 g/mol. The van der Waals surface area contributed by atoms with E-state index in [0.29, 0.717) is 42.6 Å². The topological polar surface area (TPSA) is 50.9 Å². The number of piperazine rings is 1. The van der Waals surface area contributed by atoms with Gasteiger partial charge in [0.05, 0.1) is 23.4 Å². The summed E-state index contributed by atoms with van der Waals surface area (Å²) in [6.45, 7) is 5.55. The van der Waals surface area contributed by atoms with Crippen LogP contribution in [0.25, 0.3) is 0 Å². The first-order valence-corrected chi connectivity index (χ1v) is 13.9. The van der Waals surface area contributed by atoms with Crippen LogP contribution in [-0.4, -0.2) is 80.8 Å². The van der Waals surface area contributed by atoms with Crippen LogP contribution in [0.15, 0.2) is 30.3 Å². The maximum Gasteiger partial charge on any atom is 0.390 e. The lowest BCUT2D eigenvalue weighted by molar-refractivity contribution is -0.138. The molecule has 3 heterocycles. The van der Waals surface area contributed by atoms with Gasteiger partial charge in [-0.25, -0.2) is 8.78 Å². The maximum absolute atomic E-state index is 15.1. The molecule has 2 aromatic carbocycles. The third-order valence-electron chi connectivity index (χ3n) is 8.22. The molecule has 0 aliphatic carbocycles. The Balaban J connectivity index is 1.22. The van der Waals surface area contributed by atoms with Gasteiger partial charge in [0.2, 0.25) is 0 Å². The molecule has 40 heavy (non-hydrogen) atoms. The van der Waals surface area contributed by atoms with E-state index in [2.05, 4.69) is 15.5 Å². The zero-order valence-corrected chi connectivity index (χ0v) is 22.9. The highest BCUT2D eigenvalue weighted by molar-refractivity contribution is 6.31. The van der Waals surface area contributed by atoms with Crippen molar-refractivity contribution in [3.8, 4) is 0 Å². The summed E-state index contributed by atoms with van der Waals surface area (Å²) < 4.78 is 67.8. The molecule has 1 amide bonds. The molecule has 0 radical (unpaired) electrons. The zero-order chi connectivity index (χ0) is 28.5. The Labute approximate surface area is 235 Å². The van der Waals surface area contributed by atoms with Crippen LogP contribution in [0, 0.1) is 17.0 Å². The van der Waals surface area contributed by atoms with Gasteiger partial charge in [0.25, 0.3) is 5.91 Å². The fraction of sp³-hybridized carbons (Fsp3) is 0.536. The quantitative estimate of drug-likeness (QED) is 0.441. The van der Waals surface area contributed by atoms with Crippen LogP contribution in [-0.2, 0) is 6.54 Å². The van der Waals surface area contributed by atoms with E-state index < -0.39 is 35.7 Å². The van der Waals surface area contributed by atoms with E-state index >= 15 is 8.78 Å². The van der Waals surface area contributed by atoms with Crippen molar-refractivity contribution in [3.63, 3.8) is 0 Å². The van der Waals surface area contributed by atoms with Crippen molar-refractivity contribution in [1.29, 1.82) is 0 Å². The van der Waals surface area contributed by atoms with E-state index in [9.17, 15) is 18.0 Å². The van der Waals surface area contributed by atoms with E-state index in [0.717, 1.165) is 39.0 Å². The average molecular weight is 586 g/mol. The normalized spacial score (nSPS) is 20.0. The summed E-state index contributed by atoms with van der Waals surface area (Å²) in [5, 5.41) is 6.43. The first-order valence-electron chi connectivity index (χ1n) is 13.6. The molecular weight excluding hydrogens is 553 g/mol. The Morgan fingerprint density at radius 3 is 2.35 bits per heavy atom. The van der Waals surface area contributed by atoms with Crippen LogP contribution in [0.5, 0.6) is 0 Å². The number of carbonyl (C=O) groups excluding carboxylic acids is 1. The Bertz CT molecular complexity index is 1220. The molecule has 0 saturated carbocycles. The van der Waals surface area contributed by atoms with Crippen LogP contribution in [0.1, 0.15) is 35.2 Å². The third-order valence-corrected chi connectivity index (χ3v) is 8.45. The number of alkyl halides is 3. The number of hydrogen-bond donors (Lipinski definition) is 2. The van der Waals surface area contributed by atoms with Crippen LogP contribution in [0.4, 0.5) is 33.3 Å². The highest BCUT2D eigenvalue weighted by atomic mass is 35.5. The summed E-state index contributed by atoms with van der Waals surface area (Å²) >= 11 is 6.20. The molecule has 3 fully saturated rings. The van der Waals surface area contributed by atoms with Gasteiger partial charge in [-0.3, -0.25) is 14.6 Å². The fourth-order valence-corrected chi connectivity index (χ4v) is 6.14. The summed E-state index contributed by atoms with van der Waals surface area (Å²) in [7, 11) is 0. The molecule has 1 spiro atoms. The molecule has 6 nitrogen and oxygen atoms in total. The van der Waals surface area contributed by atoms with Gasteiger partial charge in [-0.2, -0.15) is 13.2 Å². The lowest BCUT2D eigenvalue weighted by atomic mass is 9.72. The first kappa shape index (κ1) is 29.0. The lowest BCUT2D eigenvalue weighted by Crippen LogP contribution is -2.59. The number of nitrogens with one attached hydrogen (secondary N) is 2. The second-order valence-electron chi connectivity index (χ2n) is 11.1. The Morgan fingerprint density at radius 2 is 1.68 bits per heavy atom. The minimum absolute atomic E-state index is 0.0760.